The first kappa shape index (κ1) is 25.9. The molecule has 0 N–H and O–H groups in total. The normalized spacial score (nSPS) is 16.8. The van der Waals surface area contributed by atoms with E-state index in [2.05, 4.69) is 180 Å². The second-order valence-electron chi connectivity index (χ2n) is 12.2. The Bertz CT molecular complexity index is 2380. The summed E-state index contributed by atoms with van der Waals surface area (Å²) in [4.78, 5) is 0. The summed E-state index contributed by atoms with van der Waals surface area (Å²) in [6, 6.07) is 55.2. The fourth-order valence-electron chi connectivity index (χ4n) is 7.58. The van der Waals surface area contributed by atoms with E-state index >= 15 is 0 Å². The van der Waals surface area contributed by atoms with Gasteiger partial charge in [-0.3, -0.25) is 0 Å². The van der Waals surface area contributed by atoms with E-state index in [0.717, 1.165) is 0 Å². The van der Waals surface area contributed by atoms with Crippen molar-refractivity contribution >= 4 is 54.9 Å². The third-order valence-corrected chi connectivity index (χ3v) is 9.71. The number of allylic oxidation sites excluding steroid dienone is 4. The molecule has 9 rings (SSSR count). The highest BCUT2D eigenvalue weighted by Crippen LogP contribution is 2.45. The highest BCUT2D eigenvalue weighted by atomic mass is 15.0. The molecule has 1 aliphatic rings. The topological polar surface area (TPSA) is 9.86 Å². The molecule has 0 saturated heterocycles. The summed E-state index contributed by atoms with van der Waals surface area (Å²) in [5.41, 5.74) is 11.3. The molecule has 8 aromatic rings. The predicted octanol–water partition coefficient (Wildman–Crippen LogP) is 11.2. The quantitative estimate of drug-likeness (QED) is 0.197. The molecule has 0 fully saturated rings. The molecule has 0 radical (unpaired) electrons. The Balaban J connectivity index is 1.29. The Morgan fingerprint density at radius 3 is 1.62 bits per heavy atom. The summed E-state index contributed by atoms with van der Waals surface area (Å²) >= 11 is 0. The minimum atomic E-state index is 0.259. The third-order valence-electron chi connectivity index (χ3n) is 9.71. The molecule has 214 valence electrons. The maximum absolute atomic E-state index is 2.52. The summed E-state index contributed by atoms with van der Waals surface area (Å²) < 4.78 is 4.94. The summed E-state index contributed by atoms with van der Waals surface area (Å²) in [5.74, 6) is 0.533. The van der Waals surface area contributed by atoms with Crippen LogP contribution in [0, 0.1) is 5.92 Å². The number of aromatic nitrogens is 2. The number of nitrogens with zero attached hydrogens (tertiary/aromatic N) is 2. The number of fused-ring (bicyclic) bond motifs is 6. The van der Waals surface area contributed by atoms with Crippen LogP contribution in [0.25, 0.3) is 60.6 Å². The highest BCUT2D eigenvalue weighted by Gasteiger charge is 2.29. The van der Waals surface area contributed by atoms with Gasteiger partial charge in [-0.15, -0.1) is 0 Å². The van der Waals surface area contributed by atoms with Gasteiger partial charge in [0.1, 0.15) is 0 Å². The first-order valence-corrected chi connectivity index (χ1v) is 15.8. The van der Waals surface area contributed by atoms with Crippen LogP contribution in [-0.2, 0) is 0 Å². The van der Waals surface area contributed by atoms with Gasteiger partial charge in [0, 0.05) is 44.8 Å². The lowest BCUT2D eigenvalue weighted by Crippen LogP contribution is -2.17. The second-order valence-corrected chi connectivity index (χ2v) is 12.2. The van der Waals surface area contributed by atoms with Crippen molar-refractivity contribution in [3.05, 3.63) is 175 Å². The van der Waals surface area contributed by atoms with Crippen LogP contribution in [-0.4, -0.2) is 9.13 Å². The molecule has 1 aliphatic carbocycles. The van der Waals surface area contributed by atoms with Crippen LogP contribution in [0.3, 0.4) is 0 Å². The zero-order valence-corrected chi connectivity index (χ0v) is 25.1. The minimum absolute atomic E-state index is 0.259. The molecular formula is C43H32N2. The molecule has 2 nitrogen and oxygen atoms in total. The molecule has 2 aromatic heterocycles. The van der Waals surface area contributed by atoms with Crippen molar-refractivity contribution < 1.29 is 0 Å². The van der Waals surface area contributed by atoms with E-state index in [1.165, 1.54) is 71.7 Å². The Morgan fingerprint density at radius 2 is 0.978 bits per heavy atom. The van der Waals surface area contributed by atoms with Gasteiger partial charge in [0.2, 0.25) is 0 Å². The van der Waals surface area contributed by atoms with Crippen molar-refractivity contribution in [1.82, 2.24) is 9.13 Å². The standard InChI is InChI=1S/C43H32N2/c1-29-37(31-16-6-3-7-17-31)26-32(30-14-4-2-5-15-30)27-43(29)45-41-23-13-10-20-36(41)38-28-33(24-25-42(38)45)44-39-21-11-8-18-34(39)35-19-9-12-22-40(35)44/h2-29,37H,1H3. The van der Waals surface area contributed by atoms with Crippen molar-refractivity contribution in [2.75, 3.05) is 0 Å². The molecule has 45 heavy (non-hydrogen) atoms. The lowest BCUT2D eigenvalue weighted by molar-refractivity contribution is 0.633. The van der Waals surface area contributed by atoms with E-state index in [0.29, 0.717) is 0 Å². The van der Waals surface area contributed by atoms with Crippen LogP contribution in [0.1, 0.15) is 24.0 Å². The van der Waals surface area contributed by atoms with Gasteiger partial charge in [-0.05, 0) is 59.2 Å². The predicted molar refractivity (Wildman–Crippen MR) is 191 cm³/mol. The average molecular weight is 577 g/mol. The Morgan fingerprint density at radius 1 is 0.467 bits per heavy atom. The van der Waals surface area contributed by atoms with Gasteiger partial charge in [0.05, 0.1) is 22.1 Å². The largest absolute Gasteiger partial charge is 0.313 e. The van der Waals surface area contributed by atoms with Crippen molar-refractivity contribution in [1.29, 1.82) is 0 Å². The summed E-state index contributed by atoms with van der Waals surface area (Å²) in [6.45, 7) is 2.38. The molecule has 2 heterocycles. The molecule has 0 bridgehead atoms. The van der Waals surface area contributed by atoms with Gasteiger partial charge in [-0.25, -0.2) is 0 Å². The number of benzene rings is 6. The van der Waals surface area contributed by atoms with E-state index in [9.17, 15) is 0 Å². The third kappa shape index (κ3) is 4.03. The van der Waals surface area contributed by atoms with Gasteiger partial charge in [-0.2, -0.15) is 0 Å². The monoisotopic (exact) mass is 576 g/mol. The molecule has 2 heteroatoms. The molecule has 0 saturated carbocycles. The van der Waals surface area contributed by atoms with Crippen molar-refractivity contribution in [2.45, 2.75) is 12.8 Å². The number of rotatable bonds is 4. The minimum Gasteiger partial charge on any atom is -0.313 e. The fourth-order valence-corrected chi connectivity index (χ4v) is 7.58. The first-order valence-electron chi connectivity index (χ1n) is 15.8. The van der Waals surface area contributed by atoms with Gasteiger partial charge in [-0.1, -0.05) is 128 Å². The Kier molecular flexibility index (Phi) is 5.89. The van der Waals surface area contributed by atoms with Crippen LogP contribution >= 0.6 is 0 Å². The first-order chi connectivity index (χ1) is 22.3. The smallest absolute Gasteiger partial charge is 0.0541 e. The number of hydrogen-bond acceptors (Lipinski definition) is 0. The van der Waals surface area contributed by atoms with E-state index in [4.69, 9.17) is 0 Å². The van der Waals surface area contributed by atoms with Crippen molar-refractivity contribution in [3.8, 4) is 5.69 Å². The average Bonchev–Trinajstić information content (AvgIpc) is 3.62. The second kappa shape index (κ2) is 10.2. The maximum atomic E-state index is 2.52. The van der Waals surface area contributed by atoms with Crippen LogP contribution < -0.4 is 0 Å². The van der Waals surface area contributed by atoms with E-state index < -0.39 is 0 Å². The molecular weight excluding hydrogens is 544 g/mol. The fraction of sp³-hybridized carbons (Fsp3) is 0.0698. The molecule has 0 spiro atoms. The van der Waals surface area contributed by atoms with Crippen LogP contribution in [0.5, 0.6) is 0 Å². The van der Waals surface area contributed by atoms with E-state index in [-0.39, 0.29) is 11.8 Å². The summed E-state index contributed by atoms with van der Waals surface area (Å²) in [6.07, 6.45) is 4.89. The van der Waals surface area contributed by atoms with Crippen LogP contribution in [0.2, 0.25) is 0 Å². The summed E-state index contributed by atoms with van der Waals surface area (Å²) in [5, 5.41) is 5.11. The maximum Gasteiger partial charge on any atom is 0.0541 e. The highest BCUT2D eigenvalue weighted by molar-refractivity contribution is 6.13. The zero-order chi connectivity index (χ0) is 29.9. The Labute approximate surface area is 262 Å². The van der Waals surface area contributed by atoms with Crippen LogP contribution in [0.15, 0.2) is 164 Å². The molecule has 0 aliphatic heterocycles. The lowest BCUT2D eigenvalue weighted by Gasteiger charge is -2.31. The van der Waals surface area contributed by atoms with Crippen LogP contribution in [0.4, 0.5) is 0 Å². The van der Waals surface area contributed by atoms with E-state index in [1.807, 2.05) is 0 Å². The SMILES string of the molecule is CC1C(n2c3ccccc3c3cc(-n4c5ccccc5c5ccccc54)ccc32)=CC(c2ccccc2)=CC1c1ccccc1. The van der Waals surface area contributed by atoms with Gasteiger partial charge in [0.15, 0.2) is 0 Å². The van der Waals surface area contributed by atoms with Gasteiger partial charge in [0.25, 0.3) is 0 Å². The zero-order valence-electron chi connectivity index (χ0n) is 25.1. The van der Waals surface area contributed by atoms with E-state index in [1.54, 1.807) is 0 Å². The molecule has 0 amide bonds. The van der Waals surface area contributed by atoms with Crippen molar-refractivity contribution in [3.63, 3.8) is 0 Å². The number of para-hydroxylation sites is 3. The Hall–Kier alpha value is -5.60. The van der Waals surface area contributed by atoms with Gasteiger partial charge >= 0.3 is 0 Å². The molecule has 6 aromatic carbocycles. The van der Waals surface area contributed by atoms with Gasteiger partial charge < -0.3 is 9.13 Å². The molecule has 2 unspecified atom stereocenters. The number of hydrogen-bond donors (Lipinski definition) is 0. The summed E-state index contributed by atoms with van der Waals surface area (Å²) in [7, 11) is 0. The lowest BCUT2D eigenvalue weighted by atomic mass is 9.78. The molecule has 2 atom stereocenters. The van der Waals surface area contributed by atoms with Crippen molar-refractivity contribution in [2.24, 2.45) is 5.92 Å².